The molecule has 2 aromatic carbocycles. The van der Waals surface area contributed by atoms with Crippen LogP contribution >= 0.6 is 22.9 Å². The molecule has 1 aliphatic carbocycles. The standard InChI is InChI=1S/C33H34ClF5N8O3S/c1-31(2,3)12-13-42-29(40)46(28(48)20-6-4-19(5-7-20)25-15-41-18-51-25)24(16-50-30(49)45-32(10-11-32)33(37,38)39)21-8-9-22(34)23(14-21)47-27(26(35)36)43-17-44-47/h4-9,14-15,17-18,24,26H,10-13,16H2,1-3H3,(H2,40,42)(H,45,49)/t24-/m1/s1. The predicted molar refractivity (Wildman–Crippen MR) is 181 cm³/mol. The molecule has 1 saturated carbocycles. The summed E-state index contributed by atoms with van der Waals surface area (Å²) in [6, 6.07) is 9.26. The number of nitrogens with two attached hydrogens (primary N) is 1. The number of rotatable bonds is 11. The highest BCUT2D eigenvalue weighted by atomic mass is 35.5. The summed E-state index contributed by atoms with van der Waals surface area (Å²) in [6.07, 6.45) is -6.63. The third-order valence-electron chi connectivity index (χ3n) is 8.12. The number of nitrogens with one attached hydrogen (secondary N) is 1. The number of alkyl carbamates (subject to hydrolysis) is 1. The van der Waals surface area contributed by atoms with E-state index in [9.17, 15) is 31.5 Å². The Bertz CT molecular complexity index is 1870. The van der Waals surface area contributed by atoms with Crippen LogP contribution < -0.4 is 11.1 Å². The second-order valence-electron chi connectivity index (χ2n) is 13.0. The fraction of sp³-hybridized carbons (Fsp3) is 0.394. The number of aromatic nitrogens is 4. The smallest absolute Gasteiger partial charge is 0.411 e. The van der Waals surface area contributed by atoms with E-state index in [-0.39, 0.29) is 52.6 Å². The molecule has 0 bridgehead atoms. The molecule has 0 spiro atoms. The van der Waals surface area contributed by atoms with E-state index in [1.807, 2.05) is 26.1 Å². The van der Waals surface area contributed by atoms with Gasteiger partial charge in [0.25, 0.3) is 12.3 Å². The number of alkyl halides is 5. The zero-order valence-electron chi connectivity index (χ0n) is 27.6. The summed E-state index contributed by atoms with van der Waals surface area (Å²) >= 11 is 7.82. The van der Waals surface area contributed by atoms with Gasteiger partial charge in [-0.2, -0.15) is 18.3 Å². The van der Waals surface area contributed by atoms with E-state index in [2.05, 4.69) is 20.1 Å². The van der Waals surface area contributed by atoms with Crippen LogP contribution in [-0.2, 0) is 4.74 Å². The van der Waals surface area contributed by atoms with Gasteiger partial charge in [-0.15, -0.1) is 11.3 Å². The van der Waals surface area contributed by atoms with Crippen LogP contribution in [0.25, 0.3) is 16.1 Å². The number of ether oxygens (including phenoxy) is 1. The molecule has 2 heterocycles. The van der Waals surface area contributed by atoms with Gasteiger partial charge in [-0.1, -0.05) is 50.6 Å². The highest BCUT2D eigenvalue weighted by Gasteiger charge is 2.64. The van der Waals surface area contributed by atoms with E-state index in [0.29, 0.717) is 6.42 Å². The average molecular weight is 753 g/mol. The highest BCUT2D eigenvalue weighted by Crippen LogP contribution is 2.49. The van der Waals surface area contributed by atoms with Crippen molar-refractivity contribution in [2.75, 3.05) is 13.2 Å². The molecule has 0 aliphatic heterocycles. The van der Waals surface area contributed by atoms with Crippen molar-refractivity contribution in [2.24, 2.45) is 16.1 Å². The normalized spacial score (nSPS) is 15.1. The Morgan fingerprint density at radius 1 is 1.16 bits per heavy atom. The topological polar surface area (TPSA) is 141 Å². The average Bonchev–Trinajstić information content (AvgIpc) is 3.43. The number of benzene rings is 2. The van der Waals surface area contributed by atoms with Crippen LogP contribution in [0.4, 0.5) is 26.7 Å². The summed E-state index contributed by atoms with van der Waals surface area (Å²) in [6.45, 7) is 5.43. The molecular weight excluding hydrogens is 719 g/mol. The number of carbonyl (C=O) groups excluding carboxylic acids is 2. The number of hydrogen-bond donors (Lipinski definition) is 2. The predicted octanol–water partition coefficient (Wildman–Crippen LogP) is 7.74. The summed E-state index contributed by atoms with van der Waals surface area (Å²) < 4.78 is 74.7. The van der Waals surface area contributed by atoms with Crippen molar-refractivity contribution in [1.29, 1.82) is 0 Å². The van der Waals surface area contributed by atoms with Gasteiger partial charge in [0.05, 0.1) is 27.1 Å². The molecule has 11 nitrogen and oxygen atoms in total. The Morgan fingerprint density at radius 3 is 2.45 bits per heavy atom. The van der Waals surface area contributed by atoms with Crippen molar-refractivity contribution in [3.05, 3.63) is 82.5 Å². The van der Waals surface area contributed by atoms with Crippen LogP contribution in [0.3, 0.4) is 0 Å². The van der Waals surface area contributed by atoms with Crippen LogP contribution in [0.2, 0.25) is 5.02 Å². The van der Waals surface area contributed by atoms with Gasteiger partial charge in [-0.3, -0.25) is 19.7 Å². The molecule has 0 saturated heterocycles. The zero-order valence-corrected chi connectivity index (χ0v) is 29.2. The fourth-order valence-corrected chi connectivity index (χ4v) is 5.88. The molecule has 18 heteroatoms. The Kier molecular flexibility index (Phi) is 11.0. The van der Waals surface area contributed by atoms with Crippen molar-refractivity contribution in [3.63, 3.8) is 0 Å². The summed E-state index contributed by atoms with van der Waals surface area (Å²) in [7, 11) is 0. The van der Waals surface area contributed by atoms with Gasteiger partial charge in [-0.25, -0.2) is 23.2 Å². The van der Waals surface area contributed by atoms with Crippen molar-refractivity contribution in [2.45, 2.75) is 64.2 Å². The molecule has 2 aromatic heterocycles. The molecular formula is C33H34ClF5N8O3S. The molecule has 1 aliphatic rings. The Labute approximate surface area is 298 Å². The van der Waals surface area contributed by atoms with Gasteiger partial charge in [0.2, 0.25) is 0 Å². The van der Waals surface area contributed by atoms with E-state index >= 15 is 0 Å². The van der Waals surface area contributed by atoms with Crippen LogP contribution in [0.5, 0.6) is 0 Å². The van der Waals surface area contributed by atoms with Crippen molar-refractivity contribution >= 4 is 40.9 Å². The van der Waals surface area contributed by atoms with E-state index in [4.69, 9.17) is 22.1 Å². The third-order valence-corrected chi connectivity index (χ3v) is 9.26. The van der Waals surface area contributed by atoms with E-state index < -0.39 is 48.6 Å². The molecule has 0 unspecified atom stereocenters. The number of hydrogen-bond acceptors (Lipinski definition) is 8. The maximum Gasteiger partial charge on any atom is 0.411 e. The first-order chi connectivity index (χ1) is 24.0. The Morgan fingerprint density at radius 2 is 1.86 bits per heavy atom. The second-order valence-corrected chi connectivity index (χ2v) is 14.3. The molecule has 3 N–H and O–H groups in total. The first-order valence-electron chi connectivity index (χ1n) is 15.6. The minimum Gasteiger partial charge on any atom is -0.447 e. The largest absolute Gasteiger partial charge is 0.447 e. The number of nitrogens with zero attached hydrogens (tertiary/aromatic N) is 6. The first kappa shape index (κ1) is 37.6. The van der Waals surface area contributed by atoms with Crippen LogP contribution in [0.1, 0.15) is 74.2 Å². The maximum atomic E-state index is 14.4. The van der Waals surface area contributed by atoms with Crippen LogP contribution in [0.15, 0.2) is 65.5 Å². The number of thiazole rings is 1. The van der Waals surface area contributed by atoms with Gasteiger partial charge in [0.1, 0.15) is 18.5 Å². The number of carbonyl (C=O) groups is 2. The lowest BCUT2D eigenvalue weighted by Crippen LogP contribution is -2.49. The molecule has 1 atom stereocenters. The lowest BCUT2D eigenvalue weighted by molar-refractivity contribution is -0.164. The minimum absolute atomic E-state index is 0.0206. The zero-order chi connectivity index (χ0) is 37.1. The van der Waals surface area contributed by atoms with Crippen molar-refractivity contribution in [1.82, 2.24) is 30.0 Å². The van der Waals surface area contributed by atoms with Gasteiger partial charge in [-0.05, 0) is 60.1 Å². The number of halogens is 6. The Hall–Kier alpha value is -4.64. The molecule has 272 valence electrons. The lowest BCUT2D eigenvalue weighted by atomic mass is 9.92. The molecule has 4 aromatic rings. The first-order valence-corrected chi connectivity index (χ1v) is 16.9. The molecule has 51 heavy (non-hydrogen) atoms. The fourth-order valence-electron chi connectivity index (χ4n) is 5.06. The minimum atomic E-state index is -4.71. The van der Waals surface area contributed by atoms with E-state index in [1.165, 1.54) is 29.5 Å². The summed E-state index contributed by atoms with van der Waals surface area (Å²) in [4.78, 5) is 41.3. The van der Waals surface area contributed by atoms with Crippen LogP contribution in [0, 0.1) is 5.41 Å². The van der Waals surface area contributed by atoms with E-state index in [1.54, 1.807) is 36.0 Å². The lowest BCUT2D eigenvalue weighted by Gasteiger charge is -2.32. The summed E-state index contributed by atoms with van der Waals surface area (Å²) in [5, 5.41) is 5.75. The second kappa shape index (κ2) is 14.9. The van der Waals surface area contributed by atoms with E-state index in [0.717, 1.165) is 26.3 Å². The van der Waals surface area contributed by atoms with Crippen LogP contribution in [-0.4, -0.2) is 67.5 Å². The van der Waals surface area contributed by atoms with Gasteiger partial charge in [0.15, 0.2) is 11.8 Å². The molecule has 2 amide bonds. The van der Waals surface area contributed by atoms with Gasteiger partial charge in [0, 0.05) is 18.3 Å². The monoisotopic (exact) mass is 752 g/mol. The van der Waals surface area contributed by atoms with Gasteiger partial charge < -0.3 is 15.8 Å². The number of guanidine groups is 1. The highest BCUT2D eigenvalue weighted by molar-refractivity contribution is 7.13. The SMILES string of the molecule is CC(C)(C)CCN=C(N)N(C(=O)c1ccc(-c2cncs2)cc1)[C@H](COC(=O)NC1(C(F)(F)F)CC1)c1ccc(Cl)c(-n2ncnc2C(F)F)c1. The summed E-state index contributed by atoms with van der Waals surface area (Å²) in [5.74, 6) is -1.71. The number of amides is 2. The molecule has 1 fully saturated rings. The molecule has 5 rings (SSSR count). The van der Waals surface area contributed by atoms with Crippen molar-refractivity contribution in [3.8, 4) is 16.1 Å². The van der Waals surface area contributed by atoms with Gasteiger partial charge >= 0.3 is 12.3 Å². The maximum absolute atomic E-state index is 14.4. The summed E-state index contributed by atoms with van der Waals surface area (Å²) in [5.41, 5.74) is 6.63. The molecule has 0 radical (unpaired) electrons. The quantitative estimate of drug-likeness (QED) is 0.0908. The third kappa shape index (κ3) is 8.81. The number of aliphatic imine (C=N–C) groups is 1. The van der Waals surface area contributed by atoms with Crippen molar-refractivity contribution < 1.29 is 36.3 Å². The Balaban J connectivity index is 1.58.